The number of methoxy groups -OCH3 is 1. The van der Waals surface area contributed by atoms with Crippen molar-refractivity contribution in [2.24, 2.45) is 11.8 Å². The van der Waals surface area contributed by atoms with E-state index in [4.69, 9.17) is 4.74 Å². The maximum Gasteiger partial charge on any atom is 0.327 e. The maximum atomic E-state index is 15.1. The van der Waals surface area contributed by atoms with Crippen molar-refractivity contribution >= 4 is 34.4 Å². The number of nitrogens with one attached hydrogen (secondary N) is 2. The van der Waals surface area contributed by atoms with Gasteiger partial charge in [0.15, 0.2) is 0 Å². The van der Waals surface area contributed by atoms with Gasteiger partial charge in [-0.05, 0) is 29.8 Å². The minimum Gasteiger partial charge on any atom is -0.468 e. The van der Waals surface area contributed by atoms with E-state index in [2.05, 4.69) is 10.3 Å². The van der Waals surface area contributed by atoms with Crippen molar-refractivity contribution in [3.63, 3.8) is 0 Å². The van der Waals surface area contributed by atoms with Gasteiger partial charge in [-0.3, -0.25) is 19.7 Å². The second-order valence-corrected chi connectivity index (χ2v) is 9.61. The average Bonchev–Trinajstić information content (AvgIpc) is 3.57. The normalized spacial score (nSPS) is 24.7. The molecule has 2 saturated heterocycles. The summed E-state index contributed by atoms with van der Waals surface area (Å²) >= 11 is 0. The molecule has 2 amide bonds. The quantitative estimate of drug-likeness (QED) is 0.309. The van der Waals surface area contributed by atoms with Crippen molar-refractivity contribution in [2.75, 3.05) is 12.0 Å². The molecule has 4 aromatic rings. The van der Waals surface area contributed by atoms with E-state index in [1.807, 2.05) is 24.3 Å². The summed E-state index contributed by atoms with van der Waals surface area (Å²) in [6.45, 7) is 0. The molecule has 192 valence electrons. The predicted molar refractivity (Wildman–Crippen MR) is 135 cm³/mol. The van der Waals surface area contributed by atoms with Crippen LogP contribution >= 0.6 is 0 Å². The number of hydrogen-bond donors (Lipinski definition) is 2. The monoisotopic (exact) mass is 515 g/mol. The Balaban J connectivity index is 1.55. The van der Waals surface area contributed by atoms with Crippen molar-refractivity contribution < 1.29 is 27.9 Å². The van der Waals surface area contributed by atoms with Gasteiger partial charge in [-0.2, -0.15) is 0 Å². The number of hydrogen-bond acceptors (Lipinski definition) is 5. The highest BCUT2D eigenvalue weighted by Crippen LogP contribution is 2.52. The van der Waals surface area contributed by atoms with E-state index in [1.165, 1.54) is 43.5 Å². The van der Waals surface area contributed by atoms with Gasteiger partial charge in [0, 0.05) is 35.1 Å². The van der Waals surface area contributed by atoms with Crippen molar-refractivity contribution in [3.8, 4) is 0 Å². The summed E-state index contributed by atoms with van der Waals surface area (Å²) in [5, 5.41) is 4.00. The van der Waals surface area contributed by atoms with Crippen LogP contribution in [0.15, 0.2) is 79.0 Å². The highest BCUT2D eigenvalue weighted by molar-refractivity contribution is 6.24. The van der Waals surface area contributed by atoms with E-state index in [0.717, 1.165) is 21.9 Å². The van der Waals surface area contributed by atoms with Gasteiger partial charge in [0.2, 0.25) is 11.8 Å². The van der Waals surface area contributed by atoms with Gasteiger partial charge in [-0.25, -0.2) is 13.7 Å². The fourth-order valence-electron chi connectivity index (χ4n) is 6.05. The lowest BCUT2D eigenvalue weighted by Crippen LogP contribution is -2.58. The number of aromatic amines is 1. The molecule has 9 heteroatoms. The minimum absolute atomic E-state index is 0.0278. The lowest BCUT2D eigenvalue weighted by Gasteiger charge is -2.32. The van der Waals surface area contributed by atoms with Gasteiger partial charge in [-0.1, -0.05) is 48.5 Å². The number of fused-ring (bicyclic) bond motifs is 2. The maximum absolute atomic E-state index is 15.1. The van der Waals surface area contributed by atoms with Gasteiger partial charge < -0.3 is 9.72 Å². The van der Waals surface area contributed by atoms with Gasteiger partial charge in [-0.15, -0.1) is 0 Å². The van der Waals surface area contributed by atoms with Crippen LogP contribution in [0.4, 0.5) is 14.5 Å². The number of para-hydroxylation sites is 2. The van der Waals surface area contributed by atoms with Gasteiger partial charge >= 0.3 is 5.97 Å². The molecule has 4 unspecified atom stereocenters. The standard InChI is InChI=1S/C29H23F2N3O4/c1-38-28(37)29(14-16-15-32-21-12-6-3-8-17(16)21)24-23(25(33-29)18-9-2-4-10-19(18)30)26(35)34(27(24)36)22-13-7-5-11-20(22)31/h2-13,15,23-25,32-33H,14H2,1H3. The van der Waals surface area contributed by atoms with E-state index in [9.17, 15) is 18.8 Å². The lowest BCUT2D eigenvalue weighted by atomic mass is 9.76. The first kappa shape index (κ1) is 24.0. The topological polar surface area (TPSA) is 91.5 Å². The minimum atomic E-state index is -1.73. The smallest absolute Gasteiger partial charge is 0.327 e. The Hall–Kier alpha value is -4.37. The first-order chi connectivity index (χ1) is 18.4. The first-order valence-corrected chi connectivity index (χ1v) is 12.2. The number of amides is 2. The molecule has 0 spiro atoms. The molecule has 3 heterocycles. The second kappa shape index (κ2) is 8.88. The molecule has 2 aliphatic heterocycles. The zero-order valence-electron chi connectivity index (χ0n) is 20.3. The number of nitrogens with zero attached hydrogens (tertiary/aromatic N) is 1. The SMILES string of the molecule is COC(=O)C1(Cc2c[nH]c3ccccc23)NC(c2ccccc2F)C2C(=O)N(c3ccccc3F)C(=O)C21. The number of carbonyl (C=O) groups excluding carboxylic acids is 3. The second-order valence-electron chi connectivity index (χ2n) is 9.61. The molecule has 0 bridgehead atoms. The van der Waals surface area contributed by atoms with Crippen molar-refractivity contribution in [3.05, 3.63) is 102 Å². The molecule has 2 aliphatic rings. The fourth-order valence-corrected chi connectivity index (χ4v) is 6.05. The molecule has 2 fully saturated rings. The summed E-state index contributed by atoms with van der Waals surface area (Å²) in [7, 11) is 1.20. The van der Waals surface area contributed by atoms with Crippen molar-refractivity contribution in [1.82, 2.24) is 10.3 Å². The summed E-state index contributed by atoms with van der Waals surface area (Å²) in [5.41, 5.74) is -0.288. The first-order valence-electron chi connectivity index (χ1n) is 12.2. The number of H-pyrrole nitrogens is 1. The molecule has 0 radical (unpaired) electrons. The Kier molecular flexibility index (Phi) is 5.61. The van der Waals surface area contributed by atoms with Crippen LogP contribution in [0.3, 0.4) is 0 Å². The Morgan fingerprint density at radius 2 is 1.63 bits per heavy atom. The molecule has 7 nitrogen and oxygen atoms in total. The van der Waals surface area contributed by atoms with E-state index in [1.54, 1.807) is 12.3 Å². The van der Waals surface area contributed by atoms with Crippen LogP contribution in [0.25, 0.3) is 10.9 Å². The fraction of sp³-hybridized carbons (Fsp3) is 0.207. The molecule has 1 aromatic heterocycles. The lowest BCUT2D eigenvalue weighted by molar-refractivity contribution is -0.152. The van der Waals surface area contributed by atoms with E-state index in [0.29, 0.717) is 5.56 Å². The summed E-state index contributed by atoms with van der Waals surface area (Å²) < 4.78 is 35.1. The van der Waals surface area contributed by atoms with Crippen LogP contribution in [0.2, 0.25) is 0 Å². The van der Waals surface area contributed by atoms with Crippen LogP contribution in [0.1, 0.15) is 17.2 Å². The van der Waals surface area contributed by atoms with Crippen molar-refractivity contribution in [1.29, 1.82) is 0 Å². The Morgan fingerprint density at radius 3 is 2.37 bits per heavy atom. The number of ether oxygens (including phenoxy) is 1. The summed E-state index contributed by atoms with van der Waals surface area (Å²) in [4.78, 5) is 45.5. The molecule has 3 aromatic carbocycles. The van der Waals surface area contributed by atoms with Gasteiger partial charge in [0.1, 0.15) is 17.2 Å². The third-order valence-electron chi connectivity index (χ3n) is 7.68. The number of imide groups is 1. The highest BCUT2D eigenvalue weighted by atomic mass is 19.1. The number of aromatic nitrogens is 1. The van der Waals surface area contributed by atoms with Crippen LogP contribution in [-0.2, 0) is 25.5 Å². The largest absolute Gasteiger partial charge is 0.468 e. The average molecular weight is 516 g/mol. The number of carbonyl (C=O) groups is 3. The number of esters is 1. The van der Waals surface area contributed by atoms with Crippen LogP contribution < -0.4 is 10.2 Å². The number of rotatable bonds is 5. The summed E-state index contributed by atoms with van der Waals surface area (Å²) in [6, 6.07) is 17.7. The molecule has 0 saturated carbocycles. The van der Waals surface area contributed by atoms with Gasteiger partial charge in [0.05, 0.1) is 24.6 Å². The molecular weight excluding hydrogens is 492 g/mol. The zero-order chi connectivity index (χ0) is 26.6. The Morgan fingerprint density at radius 1 is 0.947 bits per heavy atom. The van der Waals surface area contributed by atoms with Crippen LogP contribution in [0.5, 0.6) is 0 Å². The molecule has 2 N–H and O–H groups in total. The van der Waals surface area contributed by atoms with Gasteiger partial charge in [0.25, 0.3) is 0 Å². The van der Waals surface area contributed by atoms with Crippen LogP contribution in [-0.4, -0.2) is 35.4 Å². The molecule has 4 atom stereocenters. The Bertz CT molecular complexity index is 1600. The van der Waals surface area contributed by atoms with E-state index in [-0.39, 0.29) is 17.7 Å². The third kappa shape index (κ3) is 3.39. The zero-order valence-corrected chi connectivity index (χ0v) is 20.3. The highest BCUT2D eigenvalue weighted by Gasteiger charge is 2.69. The predicted octanol–water partition coefficient (Wildman–Crippen LogP) is 4.05. The summed E-state index contributed by atoms with van der Waals surface area (Å²) in [5.74, 6) is -6.04. The number of anilines is 1. The van der Waals surface area contributed by atoms with E-state index >= 15 is 4.39 Å². The summed E-state index contributed by atoms with van der Waals surface area (Å²) in [6.07, 6.45) is 1.71. The number of halogens is 2. The molecule has 6 rings (SSSR count). The third-order valence-corrected chi connectivity index (χ3v) is 7.68. The Labute approximate surface area is 216 Å². The molecular formula is C29H23F2N3O4. The number of benzene rings is 3. The molecule has 0 aliphatic carbocycles. The molecule has 38 heavy (non-hydrogen) atoms. The van der Waals surface area contributed by atoms with E-state index < -0.39 is 52.8 Å². The van der Waals surface area contributed by atoms with Crippen LogP contribution in [0, 0.1) is 23.5 Å². The van der Waals surface area contributed by atoms with Crippen molar-refractivity contribution in [2.45, 2.75) is 18.0 Å².